The van der Waals surface area contributed by atoms with Crippen molar-refractivity contribution in [3.63, 3.8) is 0 Å². The molecule has 0 spiro atoms. The lowest BCUT2D eigenvalue weighted by molar-refractivity contribution is 0.0928. The molecule has 0 unspecified atom stereocenters. The van der Waals surface area contributed by atoms with E-state index in [9.17, 15) is 4.79 Å². The summed E-state index contributed by atoms with van der Waals surface area (Å²) >= 11 is 3.59. The Hall–Kier alpha value is -2.86. The Balaban J connectivity index is 1.44. The number of hydrogen-bond acceptors (Lipinski definition) is 3. The number of rotatable bonds is 9. The number of halogens is 1. The molecule has 1 fully saturated rings. The Morgan fingerprint density at radius 1 is 1.12 bits per heavy atom. The minimum absolute atomic E-state index is 0.102. The summed E-state index contributed by atoms with van der Waals surface area (Å²) in [5.41, 5.74) is 6.58. The molecule has 0 aliphatic heterocycles. The summed E-state index contributed by atoms with van der Waals surface area (Å²) in [6.45, 7) is 4.21. The lowest BCUT2D eigenvalue weighted by Crippen LogP contribution is -2.35. The molecule has 166 valence electrons. The molecule has 32 heavy (non-hydrogen) atoms. The van der Waals surface area contributed by atoms with E-state index in [1.54, 1.807) is 0 Å². The second kappa shape index (κ2) is 10.2. The lowest BCUT2D eigenvalue weighted by atomic mass is 10.0. The average Bonchev–Trinajstić information content (AvgIpc) is 3.59. The predicted octanol–water partition coefficient (Wildman–Crippen LogP) is 6.24. The van der Waals surface area contributed by atoms with Crippen molar-refractivity contribution in [2.24, 2.45) is 0 Å². The fourth-order valence-electron chi connectivity index (χ4n) is 3.81. The second-order valence-corrected chi connectivity index (χ2v) is 9.08. The molecule has 5 nitrogen and oxygen atoms in total. The quantitative estimate of drug-likeness (QED) is 0.331. The highest BCUT2D eigenvalue weighted by Crippen LogP contribution is 2.38. The van der Waals surface area contributed by atoms with Crippen LogP contribution in [0.25, 0.3) is 5.70 Å². The van der Waals surface area contributed by atoms with Crippen LogP contribution >= 0.6 is 15.9 Å². The molecule has 1 saturated carbocycles. The number of anilines is 1. The van der Waals surface area contributed by atoms with Gasteiger partial charge in [0, 0.05) is 17.3 Å². The van der Waals surface area contributed by atoms with Crippen LogP contribution in [0.2, 0.25) is 0 Å². The van der Waals surface area contributed by atoms with Gasteiger partial charge in [0.25, 0.3) is 5.91 Å². The first kappa shape index (κ1) is 22.3. The number of nitrogens with one attached hydrogen (secondary N) is 3. The average molecular weight is 493 g/mol. The molecule has 6 heteroatoms. The maximum atomic E-state index is 13.0. The fraction of sp³-hybridized carbons (Fsp3) is 0.308. The number of benzene rings is 2. The SMILES string of the molecule is CC[C@@H](CCc1ccccc1)NC(=O)c1[nH]nc(NC(=C2CC2)c2ccccc2C)c1Br. The summed E-state index contributed by atoms with van der Waals surface area (Å²) in [5.74, 6) is 0.485. The molecule has 0 saturated heterocycles. The van der Waals surface area contributed by atoms with Gasteiger partial charge in [-0.3, -0.25) is 9.89 Å². The van der Waals surface area contributed by atoms with E-state index in [0.717, 1.165) is 37.8 Å². The number of aromatic nitrogens is 2. The van der Waals surface area contributed by atoms with Crippen LogP contribution in [-0.4, -0.2) is 22.1 Å². The van der Waals surface area contributed by atoms with E-state index < -0.39 is 0 Å². The van der Waals surface area contributed by atoms with Crippen molar-refractivity contribution in [1.82, 2.24) is 15.5 Å². The number of carbonyl (C=O) groups excluding carboxylic acids is 1. The van der Waals surface area contributed by atoms with Gasteiger partial charge in [0.2, 0.25) is 0 Å². The van der Waals surface area contributed by atoms with Crippen LogP contribution in [-0.2, 0) is 6.42 Å². The highest BCUT2D eigenvalue weighted by molar-refractivity contribution is 9.10. The number of carbonyl (C=O) groups is 1. The first-order valence-corrected chi connectivity index (χ1v) is 12.0. The third-order valence-electron chi connectivity index (χ3n) is 5.90. The van der Waals surface area contributed by atoms with Crippen LogP contribution < -0.4 is 10.6 Å². The van der Waals surface area contributed by atoms with Gasteiger partial charge < -0.3 is 10.6 Å². The van der Waals surface area contributed by atoms with Gasteiger partial charge in [-0.05, 0) is 71.7 Å². The molecular formula is C26H29BrN4O. The van der Waals surface area contributed by atoms with Gasteiger partial charge >= 0.3 is 0 Å². The number of H-pyrrole nitrogens is 1. The van der Waals surface area contributed by atoms with Crippen molar-refractivity contribution >= 4 is 33.4 Å². The molecule has 1 atom stereocenters. The van der Waals surface area contributed by atoms with Crippen LogP contribution in [0.3, 0.4) is 0 Å². The van der Waals surface area contributed by atoms with E-state index in [1.807, 2.05) is 30.3 Å². The van der Waals surface area contributed by atoms with Crippen molar-refractivity contribution in [2.45, 2.75) is 52.0 Å². The van der Waals surface area contributed by atoms with E-state index in [4.69, 9.17) is 0 Å². The third-order valence-corrected chi connectivity index (χ3v) is 6.67. The Morgan fingerprint density at radius 3 is 2.53 bits per heavy atom. The number of hydrogen-bond donors (Lipinski definition) is 3. The van der Waals surface area contributed by atoms with Gasteiger partial charge in [-0.15, -0.1) is 0 Å². The van der Waals surface area contributed by atoms with Crippen LogP contribution in [0.1, 0.15) is 59.8 Å². The molecule has 0 radical (unpaired) electrons. The molecule has 4 rings (SSSR count). The summed E-state index contributed by atoms with van der Waals surface area (Å²) in [7, 11) is 0. The van der Waals surface area contributed by atoms with Gasteiger partial charge in [-0.25, -0.2) is 0 Å². The van der Waals surface area contributed by atoms with E-state index in [2.05, 4.69) is 74.9 Å². The third kappa shape index (κ3) is 5.30. The zero-order chi connectivity index (χ0) is 22.5. The molecule has 1 aromatic heterocycles. The molecule has 1 aliphatic carbocycles. The first-order valence-electron chi connectivity index (χ1n) is 11.2. The van der Waals surface area contributed by atoms with E-state index in [1.165, 1.54) is 22.3 Å². The Morgan fingerprint density at radius 2 is 1.84 bits per heavy atom. The molecule has 1 aliphatic rings. The fourth-order valence-corrected chi connectivity index (χ4v) is 4.27. The minimum Gasteiger partial charge on any atom is -0.348 e. The maximum absolute atomic E-state index is 13.0. The van der Waals surface area contributed by atoms with Crippen LogP contribution in [0, 0.1) is 6.92 Å². The zero-order valence-corrected chi connectivity index (χ0v) is 20.1. The van der Waals surface area contributed by atoms with Gasteiger partial charge in [0.15, 0.2) is 5.82 Å². The van der Waals surface area contributed by atoms with Gasteiger partial charge in [-0.1, -0.05) is 61.5 Å². The number of amides is 1. The van der Waals surface area contributed by atoms with Gasteiger partial charge in [-0.2, -0.15) is 5.10 Å². The summed E-state index contributed by atoms with van der Waals surface area (Å²) in [6.07, 6.45) is 4.88. The summed E-state index contributed by atoms with van der Waals surface area (Å²) in [6, 6.07) is 18.8. The normalized spacial score (nSPS) is 13.5. The predicted molar refractivity (Wildman–Crippen MR) is 134 cm³/mol. The summed E-state index contributed by atoms with van der Waals surface area (Å²) < 4.78 is 0.653. The first-order chi connectivity index (χ1) is 15.6. The Kier molecular flexibility index (Phi) is 7.10. The number of aryl methyl sites for hydroxylation is 2. The van der Waals surface area contributed by atoms with Crippen LogP contribution in [0.5, 0.6) is 0 Å². The molecule has 3 aromatic rings. The highest BCUT2D eigenvalue weighted by Gasteiger charge is 2.24. The van der Waals surface area contributed by atoms with Gasteiger partial charge in [0.1, 0.15) is 5.69 Å². The van der Waals surface area contributed by atoms with Crippen molar-refractivity contribution in [1.29, 1.82) is 0 Å². The molecule has 0 bridgehead atoms. The molecule has 1 amide bonds. The Bertz CT molecular complexity index is 1110. The van der Waals surface area contributed by atoms with E-state index >= 15 is 0 Å². The van der Waals surface area contributed by atoms with Gasteiger partial charge in [0.05, 0.1) is 4.47 Å². The summed E-state index contributed by atoms with van der Waals surface area (Å²) in [5, 5.41) is 13.9. The smallest absolute Gasteiger partial charge is 0.270 e. The standard InChI is InChI=1S/C26H29BrN4O/c1-3-20(16-13-18-10-5-4-6-11-18)28-26(32)24-22(27)25(31-30-24)29-23(19-14-15-19)21-12-8-7-9-17(21)2/h4-12,20H,3,13-16H2,1-2H3,(H,28,32)(H2,29,30,31)/t20-/m0/s1. The highest BCUT2D eigenvalue weighted by atomic mass is 79.9. The van der Waals surface area contributed by atoms with Crippen molar-refractivity contribution in [3.05, 3.63) is 87.0 Å². The largest absolute Gasteiger partial charge is 0.348 e. The topological polar surface area (TPSA) is 69.8 Å². The van der Waals surface area contributed by atoms with Crippen molar-refractivity contribution < 1.29 is 4.79 Å². The molecular weight excluding hydrogens is 464 g/mol. The molecule has 3 N–H and O–H groups in total. The summed E-state index contributed by atoms with van der Waals surface area (Å²) in [4.78, 5) is 13.0. The van der Waals surface area contributed by atoms with Crippen LogP contribution in [0.4, 0.5) is 5.82 Å². The van der Waals surface area contributed by atoms with E-state index in [0.29, 0.717) is 16.0 Å². The van der Waals surface area contributed by atoms with E-state index in [-0.39, 0.29) is 11.9 Å². The number of allylic oxidation sites excluding steroid dienone is 1. The molecule has 1 heterocycles. The lowest BCUT2D eigenvalue weighted by Gasteiger charge is -2.16. The number of nitrogens with zero attached hydrogens (tertiary/aromatic N) is 1. The number of aromatic amines is 1. The minimum atomic E-state index is -0.145. The monoisotopic (exact) mass is 492 g/mol. The maximum Gasteiger partial charge on any atom is 0.270 e. The zero-order valence-electron chi connectivity index (χ0n) is 18.5. The van der Waals surface area contributed by atoms with Crippen LogP contribution in [0.15, 0.2) is 64.6 Å². The molecule has 2 aromatic carbocycles. The van der Waals surface area contributed by atoms with Crippen molar-refractivity contribution in [2.75, 3.05) is 5.32 Å². The Labute approximate surface area is 197 Å². The van der Waals surface area contributed by atoms with Crippen molar-refractivity contribution in [3.8, 4) is 0 Å². The second-order valence-electron chi connectivity index (χ2n) is 8.28.